The topological polar surface area (TPSA) is 142 Å². The molecule has 1 aromatic carbocycles. The maximum absolute atomic E-state index is 12.1. The fourth-order valence-corrected chi connectivity index (χ4v) is 3.32. The first-order valence-electron chi connectivity index (χ1n) is 7.54. The minimum atomic E-state index is -4.09. The molecule has 25 heavy (non-hydrogen) atoms. The molecule has 1 fully saturated rings. The molecule has 0 aliphatic carbocycles. The maximum atomic E-state index is 12.1. The van der Waals surface area contributed by atoms with E-state index in [2.05, 4.69) is 5.32 Å². The van der Waals surface area contributed by atoms with Gasteiger partial charge in [0.1, 0.15) is 24.4 Å². The van der Waals surface area contributed by atoms with Gasteiger partial charge in [-0.3, -0.25) is 8.98 Å². The highest BCUT2D eigenvalue weighted by molar-refractivity contribution is 7.86. The van der Waals surface area contributed by atoms with Crippen LogP contribution in [0, 0.1) is 6.92 Å². The number of aliphatic hydroxyl groups is 3. The average Bonchev–Trinajstić information content (AvgIpc) is 2.54. The molecule has 1 amide bonds. The van der Waals surface area contributed by atoms with Gasteiger partial charge in [0, 0.05) is 6.92 Å². The predicted molar refractivity (Wildman–Crippen MR) is 84.8 cm³/mol. The zero-order valence-corrected chi connectivity index (χ0v) is 14.5. The maximum Gasteiger partial charge on any atom is 0.297 e. The van der Waals surface area contributed by atoms with Gasteiger partial charge in [0.2, 0.25) is 5.91 Å². The molecule has 1 saturated heterocycles. The highest BCUT2D eigenvalue weighted by Crippen LogP contribution is 2.22. The quantitative estimate of drug-likeness (QED) is 0.463. The molecule has 140 valence electrons. The third kappa shape index (κ3) is 4.75. The van der Waals surface area contributed by atoms with Crippen molar-refractivity contribution in [2.24, 2.45) is 0 Å². The van der Waals surface area contributed by atoms with Gasteiger partial charge in [-0.25, -0.2) is 0 Å². The normalized spacial score (nSPS) is 30.0. The second kappa shape index (κ2) is 7.77. The molecule has 10 heteroatoms. The first-order chi connectivity index (χ1) is 11.6. The summed E-state index contributed by atoms with van der Waals surface area (Å²) in [6, 6.07) is 4.72. The lowest BCUT2D eigenvalue weighted by molar-refractivity contribution is -0.252. The van der Waals surface area contributed by atoms with E-state index in [1.165, 1.54) is 19.1 Å². The van der Waals surface area contributed by atoms with Gasteiger partial charge in [-0.1, -0.05) is 17.7 Å². The third-order valence-electron chi connectivity index (χ3n) is 3.79. The number of hydrogen-bond acceptors (Lipinski definition) is 8. The number of carbonyl (C=O) groups is 1. The van der Waals surface area contributed by atoms with Crippen molar-refractivity contribution in [2.45, 2.75) is 49.4 Å². The molecule has 9 nitrogen and oxygen atoms in total. The van der Waals surface area contributed by atoms with E-state index in [9.17, 15) is 28.5 Å². The lowest BCUT2D eigenvalue weighted by Gasteiger charge is -2.40. The van der Waals surface area contributed by atoms with Gasteiger partial charge in [0.05, 0.1) is 11.5 Å². The molecule has 2 rings (SSSR count). The van der Waals surface area contributed by atoms with Crippen LogP contribution in [0.2, 0.25) is 0 Å². The Bertz CT molecular complexity index is 705. The predicted octanol–water partition coefficient (Wildman–Crippen LogP) is -1.36. The van der Waals surface area contributed by atoms with E-state index in [-0.39, 0.29) is 4.90 Å². The molecule has 1 aromatic rings. The molecular formula is C15H21NO8S. The summed E-state index contributed by atoms with van der Waals surface area (Å²) in [4.78, 5) is 11.0. The molecule has 0 saturated carbocycles. The highest BCUT2D eigenvalue weighted by Gasteiger charge is 2.44. The number of nitrogens with one attached hydrogen (secondary N) is 1. The monoisotopic (exact) mass is 375 g/mol. The Labute approximate surface area is 145 Å². The second-order valence-corrected chi connectivity index (χ2v) is 7.44. The Balaban J connectivity index is 2.03. The summed E-state index contributed by atoms with van der Waals surface area (Å²) in [6.07, 6.45) is -6.04. The Morgan fingerprint density at radius 3 is 2.36 bits per heavy atom. The van der Waals surface area contributed by atoms with Gasteiger partial charge in [-0.2, -0.15) is 8.42 Å². The van der Waals surface area contributed by atoms with Crippen LogP contribution in [0.1, 0.15) is 12.5 Å². The minimum Gasteiger partial charge on any atom is -0.388 e. The minimum absolute atomic E-state index is 0.0689. The SMILES string of the molecule is CC(=O)N[C@@H]1[C@@H](O)[C@H](O)[C@@H](COS(=O)(=O)c2ccc(C)cc2)O[C@@H]1O. The number of hydrogen-bond donors (Lipinski definition) is 4. The van der Waals surface area contributed by atoms with Crippen molar-refractivity contribution in [3.05, 3.63) is 29.8 Å². The van der Waals surface area contributed by atoms with Crippen molar-refractivity contribution in [3.8, 4) is 0 Å². The summed E-state index contributed by atoms with van der Waals surface area (Å²) in [5, 5.41) is 32.1. The first kappa shape index (κ1) is 19.8. The Morgan fingerprint density at radius 2 is 1.80 bits per heavy atom. The van der Waals surface area contributed by atoms with Crippen LogP contribution in [-0.4, -0.2) is 66.9 Å². The first-order valence-corrected chi connectivity index (χ1v) is 8.95. The van der Waals surface area contributed by atoms with Gasteiger partial charge in [-0.15, -0.1) is 0 Å². The fourth-order valence-electron chi connectivity index (χ4n) is 2.40. The van der Waals surface area contributed by atoms with Crippen molar-refractivity contribution in [1.29, 1.82) is 0 Å². The van der Waals surface area contributed by atoms with Crippen LogP contribution in [0.15, 0.2) is 29.2 Å². The van der Waals surface area contributed by atoms with Gasteiger partial charge < -0.3 is 25.4 Å². The van der Waals surface area contributed by atoms with E-state index in [1.807, 2.05) is 0 Å². The molecular weight excluding hydrogens is 354 g/mol. The van der Waals surface area contributed by atoms with Crippen molar-refractivity contribution >= 4 is 16.0 Å². The summed E-state index contributed by atoms with van der Waals surface area (Å²) < 4.78 is 34.2. The Kier molecular flexibility index (Phi) is 6.14. The third-order valence-corrected chi connectivity index (χ3v) is 5.08. The molecule has 4 N–H and O–H groups in total. The Hall–Kier alpha value is -1.56. The van der Waals surface area contributed by atoms with Gasteiger partial charge in [0.15, 0.2) is 6.29 Å². The van der Waals surface area contributed by atoms with E-state index in [4.69, 9.17) is 8.92 Å². The van der Waals surface area contributed by atoms with Crippen LogP contribution in [0.25, 0.3) is 0 Å². The van der Waals surface area contributed by atoms with Crippen LogP contribution in [0.5, 0.6) is 0 Å². The van der Waals surface area contributed by atoms with Crippen LogP contribution in [0.4, 0.5) is 0 Å². The highest BCUT2D eigenvalue weighted by atomic mass is 32.2. The van der Waals surface area contributed by atoms with Crippen LogP contribution >= 0.6 is 0 Å². The smallest absolute Gasteiger partial charge is 0.297 e. The van der Waals surface area contributed by atoms with Gasteiger partial charge >= 0.3 is 0 Å². The fraction of sp³-hybridized carbons (Fsp3) is 0.533. The zero-order chi connectivity index (χ0) is 18.8. The van der Waals surface area contributed by atoms with Crippen molar-refractivity contribution < 1.29 is 37.5 Å². The molecule has 5 atom stereocenters. The number of benzene rings is 1. The Morgan fingerprint density at radius 1 is 1.20 bits per heavy atom. The standard InChI is InChI=1S/C15H21NO8S/c1-8-3-5-10(6-4-8)25(21,22)23-7-11-13(18)14(19)12(15(20)24-11)16-9(2)17/h3-6,11-15,18-20H,7H2,1-2H3,(H,16,17)/t11-,12-,13-,14-,15+/m1/s1. The molecule has 0 bridgehead atoms. The lowest BCUT2D eigenvalue weighted by atomic mass is 9.97. The molecule has 0 unspecified atom stereocenters. The van der Waals surface area contributed by atoms with E-state index in [0.29, 0.717) is 0 Å². The summed E-state index contributed by atoms with van der Waals surface area (Å²) in [6.45, 7) is 2.37. The van der Waals surface area contributed by atoms with Crippen molar-refractivity contribution in [3.63, 3.8) is 0 Å². The largest absolute Gasteiger partial charge is 0.388 e. The summed E-state index contributed by atoms with van der Waals surface area (Å²) in [5.41, 5.74) is 0.875. The number of rotatable bonds is 5. The number of carbonyl (C=O) groups excluding carboxylic acids is 1. The molecule has 1 aliphatic rings. The van der Waals surface area contributed by atoms with Gasteiger partial charge in [-0.05, 0) is 19.1 Å². The molecule has 0 spiro atoms. The average molecular weight is 375 g/mol. The van der Waals surface area contributed by atoms with E-state index < -0.39 is 53.3 Å². The summed E-state index contributed by atoms with van der Waals surface area (Å²) in [7, 11) is -4.09. The van der Waals surface area contributed by atoms with Crippen molar-refractivity contribution in [2.75, 3.05) is 6.61 Å². The molecule has 1 aliphatic heterocycles. The second-order valence-electron chi connectivity index (χ2n) is 5.82. The van der Waals surface area contributed by atoms with Gasteiger partial charge in [0.25, 0.3) is 10.1 Å². The number of aryl methyl sites for hydroxylation is 1. The number of aliphatic hydroxyl groups excluding tert-OH is 3. The van der Waals surface area contributed by atoms with E-state index >= 15 is 0 Å². The van der Waals surface area contributed by atoms with Crippen LogP contribution in [-0.2, 0) is 23.8 Å². The number of ether oxygens (including phenoxy) is 1. The molecule has 0 radical (unpaired) electrons. The van der Waals surface area contributed by atoms with E-state index in [1.54, 1.807) is 19.1 Å². The zero-order valence-electron chi connectivity index (χ0n) is 13.7. The van der Waals surface area contributed by atoms with Crippen molar-refractivity contribution in [1.82, 2.24) is 5.32 Å². The van der Waals surface area contributed by atoms with Crippen LogP contribution < -0.4 is 5.32 Å². The molecule has 1 heterocycles. The summed E-state index contributed by atoms with van der Waals surface area (Å²) >= 11 is 0. The van der Waals surface area contributed by atoms with E-state index in [0.717, 1.165) is 5.56 Å². The van der Waals surface area contributed by atoms with Crippen LogP contribution in [0.3, 0.4) is 0 Å². The lowest BCUT2D eigenvalue weighted by Crippen LogP contribution is -2.64. The number of amides is 1. The summed E-state index contributed by atoms with van der Waals surface area (Å²) in [5.74, 6) is -0.532. The molecule has 0 aromatic heterocycles.